The van der Waals surface area contributed by atoms with Crippen LogP contribution in [0, 0.1) is 17.1 Å². The highest BCUT2D eigenvalue weighted by Crippen LogP contribution is 2.20. The lowest BCUT2D eigenvalue weighted by atomic mass is 10.1. The summed E-state index contributed by atoms with van der Waals surface area (Å²) in [7, 11) is 0. The van der Waals surface area contributed by atoms with Crippen molar-refractivity contribution in [2.24, 2.45) is 0 Å². The average molecular weight is 282 g/mol. The average Bonchev–Trinajstić information content (AvgIpc) is 2.48. The Bertz CT molecular complexity index is 734. The standard InChI is InChI=1S/C16H11FN2O2/c17-14-9-13(20)6-7-15(14)19-16(21)12(10-18)8-11-4-2-1-3-5-11/h1-9,20H,(H,19,21)/b12-8-. The molecule has 0 aliphatic heterocycles. The van der Waals surface area contributed by atoms with Gasteiger partial charge >= 0.3 is 0 Å². The van der Waals surface area contributed by atoms with E-state index in [9.17, 15) is 9.18 Å². The Morgan fingerprint density at radius 1 is 1.24 bits per heavy atom. The van der Waals surface area contributed by atoms with Gasteiger partial charge in [-0.2, -0.15) is 5.26 Å². The fraction of sp³-hybridized carbons (Fsp3) is 0. The number of anilines is 1. The predicted molar refractivity (Wildman–Crippen MR) is 76.7 cm³/mol. The molecule has 2 aromatic carbocycles. The largest absolute Gasteiger partial charge is 0.508 e. The van der Waals surface area contributed by atoms with E-state index in [2.05, 4.69) is 5.32 Å². The second kappa shape index (κ2) is 6.35. The van der Waals surface area contributed by atoms with Crippen LogP contribution in [-0.2, 0) is 4.79 Å². The van der Waals surface area contributed by atoms with Crippen LogP contribution < -0.4 is 5.32 Å². The molecule has 0 saturated heterocycles. The van der Waals surface area contributed by atoms with Crippen molar-refractivity contribution in [3.63, 3.8) is 0 Å². The smallest absolute Gasteiger partial charge is 0.266 e. The summed E-state index contributed by atoms with van der Waals surface area (Å²) in [5.74, 6) is -1.74. The molecule has 0 spiro atoms. The first-order chi connectivity index (χ1) is 10.1. The third kappa shape index (κ3) is 3.67. The SMILES string of the molecule is N#C/C(=C/c1ccccc1)C(=O)Nc1ccc(O)cc1F. The Kier molecular flexibility index (Phi) is 4.32. The molecule has 0 aliphatic rings. The summed E-state index contributed by atoms with van der Waals surface area (Å²) in [6, 6.07) is 14.0. The van der Waals surface area contributed by atoms with Crippen LogP contribution in [0.1, 0.15) is 5.56 Å². The lowest BCUT2D eigenvalue weighted by molar-refractivity contribution is -0.112. The number of nitrogens with zero attached hydrogens (tertiary/aromatic N) is 1. The molecule has 0 aromatic heterocycles. The molecule has 0 bridgehead atoms. The van der Waals surface area contributed by atoms with Crippen molar-refractivity contribution in [1.29, 1.82) is 5.26 Å². The molecule has 0 saturated carbocycles. The van der Waals surface area contributed by atoms with Crippen molar-refractivity contribution < 1.29 is 14.3 Å². The molecular formula is C16H11FN2O2. The lowest BCUT2D eigenvalue weighted by Gasteiger charge is -2.06. The van der Waals surface area contributed by atoms with E-state index < -0.39 is 11.7 Å². The van der Waals surface area contributed by atoms with Gasteiger partial charge in [0.1, 0.15) is 23.2 Å². The van der Waals surface area contributed by atoms with E-state index in [4.69, 9.17) is 10.4 Å². The summed E-state index contributed by atoms with van der Waals surface area (Å²) in [5.41, 5.74) is 0.441. The molecule has 1 amide bonds. The zero-order chi connectivity index (χ0) is 15.2. The van der Waals surface area contributed by atoms with Crippen LogP contribution in [0.15, 0.2) is 54.1 Å². The molecule has 0 aliphatic carbocycles. The van der Waals surface area contributed by atoms with Crippen molar-refractivity contribution in [2.45, 2.75) is 0 Å². The van der Waals surface area contributed by atoms with E-state index in [1.165, 1.54) is 18.2 Å². The van der Waals surface area contributed by atoms with Crippen molar-refractivity contribution in [1.82, 2.24) is 0 Å². The van der Waals surface area contributed by atoms with Gasteiger partial charge in [-0.05, 0) is 23.8 Å². The van der Waals surface area contributed by atoms with Gasteiger partial charge in [-0.15, -0.1) is 0 Å². The molecule has 0 fully saturated rings. The summed E-state index contributed by atoms with van der Waals surface area (Å²) in [6.45, 7) is 0. The summed E-state index contributed by atoms with van der Waals surface area (Å²) < 4.78 is 13.5. The third-order valence-electron chi connectivity index (χ3n) is 2.68. The number of hydrogen-bond donors (Lipinski definition) is 2. The van der Waals surface area contributed by atoms with E-state index in [0.717, 1.165) is 6.07 Å². The number of aromatic hydroxyl groups is 1. The second-order valence-electron chi connectivity index (χ2n) is 4.20. The number of benzene rings is 2. The highest BCUT2D eigenvalue weighted by Gasteiger charge is 2.12. The molecule has 21 heavy (non-hydrogen) atoms. The first-order valence-corrected chi connectivity index (χ1v) is 6.07. The normalized spacial score (nSPS) is 10.8. The Hall–Kier alpha value is -3.13. The van der Waals surface area contributed by atoms with Crippen LogP contribution in [0.25, 0.3) is 6.08 Å². The minimum atomic E-state index is -0.777. The van der Waals surface area contributed by atoms with Gasteiger partial charge in [-0.1, -0.05) is 30.3 Å². The Morgan fingerprint density at radius 3 is 2.57 bits per heavy atom. The molecule has 0 radical (unpaired) electrons. The fourth-order valence-electron chi connectivity index (χ4n) is 1.66. The number of carbonyl (C=O) groups excluding carboxylic acids is 1. The quantitative estimate of drug-likeness (QED) is 0.516. The van der Waals surface area contributed by atoms with E-state index in [-0.39, 0.29) is 17.0 Å². The van der Waals surface area contributed by atoms with Crippen LogP contribution in [0.2, 0.25) is 0 Å². The Labute approximate surface area is 120 Å². The summed E-state index contributed by atoms with van der Waals surface area (Å²) in [5, 5.41) is 20.4. The van der Waals surface area contributed by atoms with Crippen LogP contribution in [0.4, 0.5) is 10.1 Å². The number of hydrogen-bond acceptors (Lipinski definition) is 3. The monoisotopic (exact) mass is 282 g/mol. The maximum absolute atomic E-state index is 13.5. The maximum Gasteiger partial charge on any atom is 0.266 e. The van der Waals surface area contributed by atoms with Crippen LogP contribution in [0.3, 0.4) is 0 Å². The number of nitrogens with one attached hydrogen (secondary N) is 1. The molecule has 4 nitrogen and oxygen atoms in total. The van der Waals surface area contributed by atoms with Crippen LogP contribution >= 0.6 is 0 Å². The molecular weight excluding hydrogens is 271 g/mol. The second-order valence-corrected chi connectivity index (χ2v) is 4.20. The fourth-order valence-corrected chi connectivity index (χ4v) is 1.66. The first-order valence-electron chi connectivity index (χ1n) is 6.07. The van der Waals surface area contributed by atoms with Gasteiger partial charge in [0.2, 0.25) is 0 Å². The minimum Gasteiger partial charge on any atom is -0.508 e. The van der Waals surface area contributed by atoms with E-state index >= 15 is 0 Å². The predicted octanol–water partition coefficient (Wildman–Crippen LogP) is 3.08. The third-order valence-corrected chi connectivity index (χ3v) is 2.68. The molecule has 2 N–H and O–H groups in total. The molecule has 2 rings (SSSR count). The molecule has 104 valence electrons. The molecule has 5 heteroatoms. The van der Waals surface area contributed by atoms with Crippen LogP contribution in [-0.4, -0.2) is 11.0 Å². The summed E-state index contributed by atoms with van der Waals surface area (Å²) in [4.78, 5) is 12.0. The topological polar surface area (TPSA) is 73.1 Å². The van der Waals surface area contributed by atoms with Gasteiger partial charge in [0.15, 0.2) is 0 Å². The zero-order valence-corrected chi connectivity index (χ0v) is 10.9. The molecule has 0 heterocycles. The molecule has 2 aromatic rings. The highest BCUT2D eigenvalue weighted by molar-refractivity contribution is 6.09. The van der Waals surface area contributed by atoms with E-state index in [1.54, 1.807) is 30.3 Å². The number of nitriles is 1. The highest BCUT2D eigenvalue weighted by atomic mass is 19.1. The number of halogens is 1. The summed E-state index contributed by atoms with van der Waals surface area (Å²) in [6.07, 6.45) is 1.41. The van der Waals surface area contributed by atoms with Gasteiger partial charge in [-0.3, -0.25) is 4.79 Å². The molecule has 0 unspecified atom stereocenters. The van der Waals surface area contributed by atoms with Crippen LogP contribution in [0.5, 0.6) is 5.75 Å². The van der Waals surface area contributed by atoms with E-state index in [1.807, 2.05) is 6.07 Å². The van der Waals surface area contributed by atoms with Gasteiger partial charge in [0.25, 0.3) is 5.91 Å². The number of rotatable bonds is 3. The first kappa shape index (κ1) is 14.3. The van der Waals surface area contributed by atoms with Gasteiger partial charge in [0, 0.05) is 6.07 Å². The lowest BCUT2D eigenvalue weighted by Crippen LogP contribution is -2.14. The Morgan fingerprint density at radius 2 is 1.95 bits per heavy atom. The maximum atomic E-state index is 13.5. The Balaban J connectivity index is 2.22. The van der Waals surface area contributed by atoms with Gasteiger partial charge < -0.3 is 10.4 Å². The van der Waals surface area contributed by atoms with E-state index in [0.29, 0.717) is 5.56 Å². The zero-order valence-electron chi connectivity index (χ0n) is 10.9. The molecule has 0 atom stereocenters. The van der Waals surface area contributed by atoms with Crippen molar-refractivity contribution >= 4 is 17.7 Å². The van der Waals surface area contributed by atoms with Crippen molar-refractivity contribution in [3.05, 3.63) is 65.5 Å². The van der Waals surface area contributed by atoms with Crippen molar-refractivity contribution in [2.75, 3.05) is 5.32 Å². The number of phenols is 1. The number of phenolic OH excluding ortho intramolecular Hbond substituents is 1. The number of amides is 1. The van der Waals surface area contributed by atoms with Gasteiger partial charge in [0.05, 0.1) is 5.69 Å². The van der Waals surface area contributed by atoms with Crippen molar-refractivity contribution in [3.8, 4) is 11.8 Å². The summed E-state index contributed by atoms with van der Waals surface area (Å²) >= 11 is 0. The van der Waals surface area contributed by atoms with Gasteiger partial charge in [-0.25, -0.2) is 4.39 Å². The minimum absolute atomic E-state index is 0.105. The number of carbonyl (C=O) groups is 1.